The Bertz CT molecular complexity index is 954. The van der Waals surface area contributed by atoms with Crippen molar-refractivity contribution >= 4 is 40.3 Å². The molecule has 0 saturated carbocycles. The zero-order valence-corrected chi connectivity index (χ0v) is 18.8. The van der Waals surface area contributed by atoms with E-state index in [1.807, 2.05) is 56.3 Å². The third-order valence-corrected chi connectivity index (χ3v) is 5.43. The van der Waals surface area contributed by atoms with Crippen LogP contribution in [0.15, 0.2) is 53.7 Å². The van der Waals surface area contributed by atoms with Crippen molar-refractivity contribution in [2.45, 2.75) is 26.8 Å². The van der Waals surface area contributed by atoms with E-state index in [2.05, 4.69) is 38.5 Å². The fourth-order valence-electron chi connectivity index (χ4n) is 3.27. The number of ether oxygens (including phenoxy) is 1. The molecule has 1 aliphatic rings. The zero-order valence-electron chi connectivity index (χ0n) is 16.6. The normalized spacial score (nSPS) is 16.1. The average molecular weight is 505 g/mol. The molecule has 1 heterocycles. The Labute approximate surface area is 184 Å². The molecule has 0 aromatic heterocycles. The van der Waals surface area contributed by atoms with Crippen molar-refractivity contribution in [2.75, 3.05) is 18.5 Å². The number of amides is 2. The fraction of sp³-hybridized carbons (Fsp3) is 0.273. The van der Waals surface area contributed by atoms with Crippen molar-refractivity contribution < 1.29 is 14.3 Å². The van der Waals surface area contributed by atoms with Gasteiger partial charge in [-0.1, -0.05) is 23.8 Å². The van der Waals surface area contributed by atoms with E-state index in [0.717, 1.165) is 25.9 Å². The molecule has 0 radical (unpaired) electrons. The molecule has 2 aromatic carbocycles. The summed E-state index contributed by atoms with van der Waals surface area (Å²) in [5.74, 6) is -0.440. The van der Waals surface area contributed by atoms with Gasteiger partial charge in [0.15, 0.2) is 0 Å². The summed E-state index contributed by atoms with van der Waals surface area (Å²) in [5.41, 5.74) is 4.76. The molecule has 0 unspecified atom stereocenters. The number of esters is 1. The fourth-order valence-corrected chi connectivity index (χ4v) is 3.63. The second-order valence-corrected chi connectivity index (χ2v) is 8.11. The van der Waals surface area contributed by atoms with E-state index in [4.69, 9.17) is 4.74 Å². The minimum absolute atomic E-state index is 0.258. The molecule has 0 spiro atoms. The summed E-state index contributed by atoms with van der Waals surface area (Å²) < 4.78 is 6.45. The second-order valence-electron chi connectivity index (χ2n) is 6.86. The Hall–Kier alpha value is -2.55. The number of carbonyl (C=O) groups is 2. The van der Waals surface area contributed by atoms with Crippen LogP contribution in [0.5, 0.6) is 0 Å². The molecule has 29 heavy (non-hydrogen) atoms. The summed E-state index contributed by atoms with van der Waals surface area (Å²) in [6, 6.07) is 13.0. The standard InChI is InChI=1S/C22H24IN3O3/c1-4-29-21(27)19-18(12-24-16-9-7-15(23)8-10-16)25-22(28)26-20(19)17-11-13(2)5-6-14(17)3/h5-11,20,24H,4,12H2,1-3H3,(H2,25,26,28)/t20-/m1/s1. The van der Waals surface area contributed by atoms with Gasteiger partial charge in [-0.05, 0) is 78.8 Å². The number of halogens is 1. The minimum atomic E-state index is -0.573. The van der Waals surface area contributed by atoms with Crippen molar-refractivity contribution in [1.82, 2.24) is 10.6 Å². The average Bonchev–Trinajstić information content (AvgIpc) is 2.69. The van der Waals surface area contributed by atoms with Crippen LogP contribution in [-0.2, 0) is 9.53 Å². The lowest BCUT2D eigenvalue weighted by atomic mass is 9.91. The van der Waals surface area contributed by atoms with Crippen LogP contribution in [0.4, 0.5) is 10.5 Å². The van der Waals surface area contributed by atoms with Crippen LogP contribution >= 0.6 is 22.6 Å². The van der Waals surface area contributed by atoms with E-state index >= 15 is 0 Å². The minimum Gasteiger partial charge on any atom is -0.463 e. The van der Waals surface area contributed by atoms with Crippen LogP contribution in [0, 0.1) is 17.4 Å². The maximum absolute atomic E-state index is 12.9. The molecule has 0 aliphatic carbocycles. The maximum atomic E-state index is 12.9. The number of nitrogens with one attached hydrogen (secondary N) is 3. The van der Waals surface area contributed by atoms with E-state index in [9.17, 15) is 9.59 Å². The largest absolute Gasteiger partial charge is 0.463 e. The van der Waals surface area contributed by atoms with Gasteiger partial charge in [0, 0.05) is 9.26 Å². The highest BCUT2D eigenvalue weighted by molar-refractivity contribution is 14.1. The Morgan fingerprint density at radius 3 is 2.59 bits per heavy atom. The SMILES string of the molecule is CCOC(=O)C1=C(CNc2ccc(I)cc2)NC(=O)N[C@@H]1c1cc(C)ccc1C. The summed E-state index contributed by atoms with van der Waals surface area (Å²) in [6.45, 7) is 6.27. The van der Waals surface area contributed by atoms with E-state index in [-0.39, 0.29) is 12.6 Å². The topological polar surface area (TPSA) is 79.5 Å². The molecule has 1 aliphatic heterocycles. The zero-order chi connectivity index (χ0) is 21.0. The van der Waals surface area contributed by atoms with E-state index in [1.54, 1.807) is 6.92 Å². The van der Waals surface area contributed by atoms with Gasteiger partial charge in [0.05, 0.1) is 30.5 Å². The maximum Gasteiger partial charge on any atom is 0.338 e. The lowest BCUT2D eigenvalue weighted by molar-refractivity contribution is -0.139. The lowest BCUT2D eigenvalue weighted by Gasteiger charge is -2.30. The van der Waals surface area contributed by atoms with E-state index < -0.39 is 12.0 Å². The van der Waals surface area contributed by atoms with Crippen LogP contribution in [0.3, 0.4) is 0 Å². The van der Waals surface area contributed by atoms with E-state index in [0.29, 0.717) is 17.8 Å². The van der Waals surface area contributed by atoms with Gasteiger partial charge in [-0.3, -0.25) is 0 Å². The number of urea groups is 1. The summed E-state index contributed by atoms with van der Waals surface area (Å²) in [5, 5.41) is 8.95. The summed E-state index contributed by atoms with van der Waals surface area (Å²) in [4.78, 5) is 25.2. The first-order valence-electron chi connectivity index (χ1n) is 9.43. The number of rotatable bonds is 6. The van der Waals surface area contributed by atoms with Crippen LogP contribution in [-0.4, -0.2) is 25.2 Å². The van der Waals surface area contributed by atoms with Gasteiger partial charge >= 0.3 is 12.0 Å². The van der Waals surface area contributed by atoms with Crippen molar-refractivity contribution in [3.05, 3.63) is 74.0 Å². The molecule has 2 aromatic rings. The monoisotopic (exact) mass is 505 g/mol. The number of anilines is 1. The highest BCUT2D eigenvalue weighted by Gasteiger charge is 2.34. The molecule has 0 bridgehead atoms. The molecule has 0 fully saturated rings. The molecule has 0 saturated heterocycles. The van der Waals surface area contributed by atoms with Gasteiger partial charge in [-0.25, -0.2) is 9.59 Å². The number of hydrogen-bond acceptors (Lipinski definition) is 4. The van der Waals surface area contributed by atoms with Crippen molar-refractivity contribution in [1.29, 1.82) is 0 Å². The Kier molecular flexibility index (Phi) is 6.79. The molecule has 7 heteroatoms. The van der Waals surface area contributed by atoms with Gasteiger partial charge < -0.3 is 20.7 Å². The van der Waals surface area contributed by atoms with Crippen molar-refractivity contribution in [2.24, 2.45) is 0 Å². The van der Waals surface area contributed by atoms with E-state index in [1.165, 1.54) is 0 Å². The molecule has 6 nitrogen and oxygen atoms in total. The Balaban J connectivity index is 2.00. The van der Waals surface area contributed by atoms with Crippen LogP contribution in [0.2, 0.25) is 0 Å². The summed E-state index contributed by atoms with van der Waals surface area (Å²) >= 11 is 2.24. The number of aryl methyl sites for hydroxylation is 2. The molecule has 2 amide bonds. The number of benzene rings is 2. The number of hydrogen-bond donors (Lipinski definition) is 3. The van der Waals surface area contributed by atoms with Crippen LogP contribution < -0.4 is 16.0 Å². The molecule has 152 valence electrons. The van der Waals surface area contributed by atoms with Gasteiger partial charge in [-0.2, -0.15) is 0 Å². The third-order valence-electron chi connectivity index (χ3n) is 4.71. The predicted molar refractivity (Wildman–Crippen MR) is 122 cm³/mol. The lowest BCUT2D eigenvalue weighted by Crippen LogP contribution is -2.47. The quantitative estimate of drug-likeness (QED) is 0.407. The second kappa shape index (κ2) is 9.30. The highest BCUT2D eigenvalue weighted by Crippen LogP contribution is 2.30. The van der Waals surface area contributed by atoms with Crippen molar-refractivity contribution in [3.63, 3.8) is 0 Å². The molecule has 3 rings (SSSR count). The van der Waals surface area contributed by atoms with Crippen LogP contribution in [0.1, 0.15) is 29.7 Å². The molecular weight excluding hydrogens is 481 g/mol. The Morgan fingerprint density at radius 2 is 1.90 bits per heavy atom. The predicted octanol–water partition coefficient (Wildman–Crippen LogP) is 4.19. The highest BCUT2D eigenvalue weighted by atomic mass is 127. The third kappa shape index (κ3) is 5.09. The molecule has 3 N–H and O–H groups in total. The summed E-state index contributed by atoms with van der Waals surface area (Å²) in [6.07, 6.45) is 0. The molecule has 1 atom stereocenters. The van der Waals surface area contributed by atoms with Gasteiger partial charge in [-0.15, -0.1) is 0 Å². The Morgan fingerprint density at radius 1 is 1.17 bits per heavy atom. The first-order valence-corrected chi connectivity index (χ1v) is 10.5. The van der Waals surface area contributed by atoms with Crippen molar-refractivity contribution in [3.8, 4) is 0 Å². The smallest absolute Gasteiger partial charge is 0.338 e. The van der Waals surface area contributed by atoms with Gasteiger partial charge in [0.2, 0.25) is 0 Å². The number of carbonyl (C=O) groups excluding carboxylic acids is 2. The first kappa shape index (κ1) is 21.2. The van der Waals surface area contributed by atoms with Gasteiger partial charge in [0.25, 0.3) is 0 Å². The van der Waals surface area contributed by atoms with Gasteiger partial charge in [0.1, 0.15) is 0 Å². The summed E-state index contributed by atoms with van der Waals surface area (Å²) in [7, 11) is 0. The first-order chi connectivity index (χ1) is 13.9. The molecular formula is C22H24IN3O3. The van der Waals surface area contributed by atoms with Crippen LogP contribution in [0.25, 0.3) is 0 Å².